The summed E-state index contributed by atoms with van der Waals surface area (Å²) in [6.45, 7) is -0.0646. The second kappa shape index (κ2) is 4.80. The second-order valence-corrected chi connectivity index (χ2v) is 3.49. The maximum Gasteiger partial charge on any atom is 0.323 e. The molecular formula is C8H11N3O2S. The van der Waals surface area contributed by atoms with Crippen LogP contribution in [0.3, 0.4) is 0 Å². The lowest BCUT2D eigenvalue weighted by molar-refractivity contribution is -0.135. The Bertz CT molecular complexity index is 332. The Hall–Kier alpha value is -1.30. The van der Waals surface area contributed by atoms with Crippen molar-refractivity contribution in [1.82, 2.24) is 9.97 Å². The van der Waals surface area contributed by atoms with Crippen LogP contribution in [-0.2, 0) is 4.79 Å². The third-order valence-corrected chi connectivity index (χ3v) is 2.24. The Morgan fingerprint density at radius 3 is 2.93 bits per heavy atom. The van der Waals surface area contributed by atoms with Gasteiger partial charge >= 0.3 is 5.97 Å². The Kier molecular flexibility index (Phi) is 3.70. The van der Waals surface area contributed by atoms with E-state index in [1.54, 1.807) is 18.0 Å². The number of nitrogens with zero attached hydrogens (tertiary/aromatic N) is 3. The molecule has 1 aromatic heterocycles. The molecule has 0 unspecified atom stereocenters. The number of likely N-dealkylation sites (N-methyl/N-ethyl adjacent to an activating group) is 1. The van der Waals surface area contributed by atoms with E-state index in [2.05, 4.69) is 9.97 Å². The Morgan fingerprint density at radius 2 is 2.36 bits per heavy atom. The fourth-order valence-corrected chi connectivity index (χ4v) is 1.31. The largest absolute Gasteiger partial charge is 0.480 e. The van der Waals surface area contributed by atoms with Crippen LogP contribution >= 0.6 is 11.8 Å². The number of hydrogen-bond donors (Lipinski definition) is 1. The van der Waals surface area contributed by atoms with Gasteiger partial charge in [-0.05, 0) is 6.26 Å². The summed E-state index contributed by atoms with van der Waals surface area (Å²) in [4.78, 5) is 20.0. The normalized spacial score (nSPS) is 9.86. The van der Waals surface area contributed by atoms with Crippen LogP contribution < -0.4 is 4.90 Å². The Balaban J connectivity index is 2.78. The number of anilines is 1. The third-order valence-electron chi connectivity index (χ3n) is 1.60. The summed E-state index contributed by atoms with van der Waals surface area (Å²) in [6.07, 6.45) is 3.34. The molecule has 0 aliphatic heterocycles. The average Bonchev–Trinajstić information content (AvgIpc) is 2.17. The zero-order chi connectivity index (χ0) is 10.6. The highest BCUT2D eigenvalue weighted by atomic mass is 32.2. The fourth-order valence-electron chi connectivity index (χ4n) is 0.934. The van der Waals surface area contributed by atoms with Crippen LogP contribution in [0.1, 0.15) is 0 Å². The first-order chi connectivity index (χ1) is 6.63. The molecule has 0 fully saturated rings. The number of aromatic nitrogens is 2. The minimum Gasteiger partial charge on any atom is -0.480 e. The van der Waals surface area contributed by atoms with Gasteiger partial charge in [-0.25, -0.2) is 9.97 Å². The zero-order valence-corrected chi connectivity index (χ0v) is 8.78. The first-order valence-corrected chi connectivity index (χ1v) is 5.15. The molecule has 0 atom stereocenters. The van der Waals surface area contributed by atoms with E-state index in [4.69, 9.17) is 5.11 Å². The molecule has 0 aliphatic carbocycles. The summed E-state index contributed by atoms with van der Waals surface area (Å²) in [6, 6.07) is 1.76. The lowest BCUT2D eigenvalue weighted by Crippen LogP contribution is -2.25. The van der Waals surface area contributed by atoms with Gasteiger partial charge in [-0.3, -0.25) is 4.79 Å². The van der Waals surface area contributed by atoms with Gasteiger partial charge in [-0.2, -0.15) is 0 Å². The summed E-state index contributed by atoms with van der Waals surface area (Å²) < 4.78 is 0. The number of thioether (sulfide) groups is 1. The van der Waals surface area contributed by atoms with E-state index in [0.29, 0.717) is 5.82 Å². The molecule has 1 N–H and O–H groups in total. The molecule has 0 saturated carbocycles. The molecule has 0 saturated heterocycles. The lowest BCUT2D eigenvalue weighted by Gasteiger charge is -2.15. The predicted octanol–water partition coefficient (Wildman–Crippen LogP) is 0.719. The number of carboxylic acid groups (broad SMARTS) is 1. The van der Waals surface area contributed by atoms with Crippen molar-refractivity contribution in [2.75, 3.05) is 24.7 Å². The smallest absolute Gasteiger partial charge is 0.323 e. The van der Waals surface area contributed by atoms with Gasteiger partial charge in [-0.1, -0.05) is 0 Å². The van der Waals surface area contributed by atoms with E-state index in [-0.39, 0.29) is 6.54 Å². The van der Waals surface area contributed by atoms with Crippen LogP contribution in [-0.4, -0.2) is 40.9 Å². The van der Waals surface area contributed by atoms with E-state index >= 15 is 0 Å². The molecule has 76 valence electrons. The van der Waals surface area contributed by atoms with Crippen LogP contribution in [0.4, 0.5) is 5.82 Å². The second-order valence-electron chi connectivity index (χ2n) is 2.67. The van der Waals surface area contributed by atoms with Crippen molar-refractivity contribution in [3.8, 4) is 0 Å². The molecule has 14 heavy (non-hydrogen) atoms. The number of rotatable bonds is 4. The van der Waals surface area contributed by atoms with Gasteiger partial charge in [0.2, 0.25) is 0 Å². The maximum absolute atomic E-state index is 10.4. The van der Waals surface area contributed by atoms with Crippen molar-refractivity contribution in [2.24, 2.45) is 0 Å². The lowest BCUT2D eigenvalue weighted by atomic mass is 10.5. The molecule has 1 aromatic rings. The van der Waals surface area contributed by atoms with Crippen molar-refractivity contribution in [3.63, 3.8) is 0 Å². The molecule has 0 amide bonds. The monoisotopic (exact) mass is 213 g/mol. The first kappa shape index (κ1) is 10.8. The molecule has 0 aromatic carbocycles. The average molecular weight is 213 g/mol. The number of carboxylic acids is 1. The van der Waals surface area contributed by atoms with Gasteiger partial charge in [-0.15, -0.1) is 11.8 Å². The highest BCUT2D eigenvalue weighted by molar-refractivity contribution is 7.98. The highest BCUT2D eigenvalue weighted by Gasteiger charge is 2.07. The van der Waals surface area contributed by atoms with Crippen molar-refractivity contribution >= 4 is 23.5 Å². The van der Waals surface area contributed by atoms with Crippen LogP contribution in [0.15, 0.2) is 17.4 Å². The van der Waals surface area contributed by atoms with Gasteiger partial charge in [0.1, 0.15) is 23.7 Å². The van der Waals surface area contributed by atoms with Crippen molar-refractivity contribution in [3.05, 3.63) is 12.4 Å². The fraction of sp³-hybridized carbons (Fsp3) is 0.375. The van der Waals surface area contributed by atoms with Gasteiger partial charge in [0.05, 0.1) is 0 Å². The van der Waals surface area contributed by atoms with Crippen molar-refractivity contribution in [2.45, 2.75) is 5.03 Å². The van der Waals surface area contributed by atoms with E-state index in [1.807, 2.05) is 6.26 Å². The maximum atomic E-state index is 10.4. The number of aliphatic carboxylic acids is 1. The third kappa shape index (κ3) is 2.88. The van der Waals surface area contributed by atoms with Crippen LogP contribution in [0, 0.1) is 0 Å². The Labute approximate surface area is 86.2 Å². The summed E-state index contributed by atoms with van der Waals surface area (Å²) in [5.41, 5.74) is 0. The van der Waals surface area contributed by atoms with Crippen LogP contribution in [0.5, 0.6) is 0 Å². The topological polar surface area (TPSA) is 66.3 Å². The molecule has 5 nitrogen and oxygen atoms in total. The van der Waals surface area contributed by atoms with Gasteiger partial charge in [0, 0.05) is 13.1 Å². The molecular weight excluding hydrogens is 202 g/mol. The molecule has 1 heterocycles. The molecule has 0 aliphatic rings. The summed E-state index contributed by atoms with van der Waals surface area (Å²) in [5.74, 6) is -0.261. The zero-order valence-electron chi connectivity index (χ0n) is 7.97. The quantitative estimate of drug-likeness (QED) is 0.587. The summed E-state index contributed by atoms with van der Waals surface area (Å²) in [7, 11) is 1.68. The van der Waals surface area contributed by atoms with E-state index in [0.717, 1.165) is 5.03 Å². The van der Waals surface area contributed by atoms with E-state index < -0.39 is 5.97 Å². The van der Waals surface area contributed by atoms with Crippen molar-refractivity contribution in [1.29, 1.82) is 0 Å². The molecule has 6 heteroatoms. The minimum absolute atomic E-state index is 0.0646. The van der Waals surface area contributed by atoms with Crippen LogP contribution in [0.25, 0.3) is 0 Å². The van der Waals surface area contributed by atoms with E-state index in [1.165, 1.54) is 18.1 Å². The highest BCUT2D eigenvalue weighted by Crippen LogP contribution is 2.15. The van der Waals surface area contributed by atoms with Crippen LogP contribution in [0.2, 0.25) is 0 Å². The molecule has 0 radical (unpaired) electrons. The molecule has 0 spiro atoms. The molecule has 1 rings (SSSR count). The SMILES string of the molecule is CSc1cc(N(C)CC(=O)O)ncn1. The first-order valence-electron chi connectivity index (χ1n) is 3.92. The summed E-state index contributed by atoms with van der Waals surface area (Å²) >= 11 is 1.49. The molecule has 0 bridgehead atoms. The van der Waals surface area contributed by atoms with E-state index in [9.17, 15) is 4.79 Å². The summed E-state index contributed by atoms with van der Waals surface area (Å²) in [5, 5.41) is 9.41. The van der Waals surface area contributed by atoms with Gasteiger partial charge in [0.15, 0.2) is 0 Å². The van der Waals surface area contributed by atoms with Gasteiger partial charge < -0.3 is 10.0 Å². The standard InChI is InChI=1S/C8H11N3O2S/c1-11(4-8(12)13)6-3-7(14-2)10-5-9-6/h3,5H,4H2,1-2H3,(H,12,13). The van der Waals surface area contributed by atoms with Crippen molar-refractivity contribution < 1.29 is 9.90 Å². The predicted molar refractivity (Wildman–Crippen MR) is 54.7 cm³/mol. The number of carbonyl (C=O) groups is 1. The minimum atomic E-state index is -0.878. The number of hydrogen-bond acceptors (Lipinski definition) is 5. The van der Waals surface area contributed by atoms with Gasteiger partial charge in [0.25, 0.3) is 0 Å². The Morgan fingerprint density at radius 1 is 1.64 bits per heavy atom.